The smallest absolute Gasteiger partial charge is 0.142 e. The Hall–Kier alpha value is -2.36. The molecule has 1 atom stereocenters. The second-order valence-corrected chi connectivity index (χ2v) is 6.69. The highest BCUT2D eigenvalue weighted by atomic mass is 16.5. The topological polar surface area (TPSA) is 59.3 Å². The number of aryl methyl sites for hydroxylation is 2. The summed E-state index contributed by atoms with van der Waals surface area (Å²) in [5.41, 5.74) is 10.8. The van der Waals surface area contributed by atoms with Gasteiger partial charge in [0.2, 0.25) is 0 Å². The van der Waals surface area contributed by atoms with Crippen LogP contribution < -0.4 is 21.1 Å². The number of nitrogens with two attached hydrogens (primary N) is 1. The SMILES string of the molecule is CCc1ccc2c(c1)NC(C(C)(C)Oc1ccc(N)cc1C)N2. The summed E-state index contributed by atoms with van der Waals surface area (Å²) in [6.45, 7) is 8.35. The van der Waals surface area contributed by atoms with Gasteiger partial charge in [-0.2, -0.15) is 0 Å². The second-order valence-electron chi connectivity index (χ2n) is 6.69. The molecule has 4 nitrogen and oxygen atoms in total. The van der Waals surface area contributed by atoms with E-state index in [1.165, 1.54) is 5.56 Å². The molecule has 1 aliphatic heterocycles. The molecule has 2 aromatic carbocycles. The zero-order valence-corrected chi connectivity index (χ0v) is 14.2. The fourth-order valence-electron chi connectivity index (χ4n) is 2.88. The number of ether oxygens (including phenoxy) is 1. The first-order valence-electron chi connectivity index (χ1n) is 8.10. The lowest BCUT2D eigenvalue weighted by molar-refractivity contribution is 0.0964. The molecule has 2 aromatic rings. The summed E-state index contributed by atoms with van der Waals surface area (Å²) < 4.78 is 6.28. The Kier molecular flexibility index (Phi) is 3.84. The van der Waals surface area contributed by atoms with Gasteiger partial charge in [-0.3, -0.25) is 0 Å². The molecule has 1 aliphatic rings. The van der Waals surface area contributed by atoms with E-state index < -0.39 is 5.60 Å². The summed E-state index contributed by atoms with van der Waals surface area (Å²) in [7, 11) is 0. The summed E-state index contributed by atoms with van der Waals surface area (Å²) >= 11 is 0. The second kappa shape index (κ2) is 5.69. The number of fused-ring (bicyclic) bond motifs is 1. The van der Waals surface area contributed by atoms with Crippen molar-refractivity contribution in [2.24, 2.45) is 0 Å². The molecular weight excluding hydrogens is 286 g/mol. The number of hydrogen-bond donors (Lipinski definition) is 3. The molecule has 122 valence electrons. The summed E-state index contributed by atoms with van der Waals surface area (Å²) in [5.74, 6) is 0.859. The van der Waals surface area contributed by atoms with Crippen LogP contribution in [0.15, 0.2) is 36.4 Å². The largest absolute Gasteiger partial charge is 0.483 e. The van der Waals surface area contributed by atoms with Crippen molar-refractivity contribution in [3.05, 3.63) is 47.5 Å². The maximum absolute atomic E-state index is 6.28. The fraction of sp³-hybridized carbons (Fsp3) is 0.368. The third kappa shape index (κ3) is 3.07. The van der Waals surface area contributed by atoms with Crippen LogP contribution in [0, 0.1) is 6.92 Å². The number of anilines is 3. The van der Waals surface area contributed by atoms with Gasteiger partial charge in [0.25, 0.3) is 0 Å². The minimum atomic E-state index is -0.424. The fourth-order valence-corrected chi connectivity index (χ4v) is 2.88. The summed E-state index contributed by atoms with van der Waals surface area (Å²) in [4.78, 5) is 0. The highest BCUT2D eigenvalue weighted by Crippen LogP contribution is 2.35. The maximum Gasteiger partial charge on any atom is 0.142 e. The molecule has 0 radical (unpaired) electrons. The lowest BCUT2D eigenvalue weighted by Crippen LogP contribution is -2.49. The standard InChI is InChI=1S/C19H25N3O/c1-5-13-6-8-15-16(11-13)22-18(21-15)19(3,4)23-17-9-7-14(20)10-12(17)2/h6-11,18,21-22H,5,20H2,1-4H3. The van der Waals surface area contributed by atoms with Gasteiger partial charge in [-0.05, 0) is 68.7 Å². The predicted molar refractivity (Wildman–Crippen MR) is 97.2 cm³/mol. The summed E-state index contributed by atoms with van der Waals surface area (Å²) in [5, 5.41) is 7.06. The lowest BCUT2D eigenvalue weighted by Gasteiger charge is -2.33. The predicted octanol–water partition coefficient (Wildman–Crippen LogP) is 4.16. The molecule has 0 aromatic heterocycles. The number of benzene rings is 2. The van der Waals surface area contributed by atoms with Crippen molar-refractivity contribution >= 4 is 17.1 Å². The molecule has 0 amide bonds. The minimum absolute atomic E-state index is 0.00144. The minimum Gasteiger partial charge on any atom is -0.483 e. The normalized spacial score (nSPS) is 16.4. The quantitative estimate of drug-likeness (QED) is 0.742. The zero-order chi connectivity index (χ0) is 16.6. The van der Waals surface area contributed by atoms with Crippen LogP contribution in [0.4, 0.5) is 17.1 Å². The Morgan fingerprint density at radius 2 is 1.83 bits per heavy atom. The molecule has 0 fully saturated rings. The van der Waals surface area contributed by atoms with Gasteiger partial charge >= 0.3 is 0 Å². The van der Waals surface area contributed by atoms with E-state index in [0.717, 1.165) is 34.8 Å². The maximum atomic E-state index is 6.28. The molecule has 0 saturated carbocycles. The van der Waals surface area contributed by atoms with Crippen molar-refractivity contribution in [2.45, 2.75) is 45.9 Å². The molecular formula is C19H25N3O. The van der Waals surface area contributed by atoms with E-state index in [2.05, 4.69) is 49.6 Å². The van der Waals surface area contributed by atoms with Gasteiger partial charge in [-0.1, -0.05) is 13.0 Å². The van der Waals surface area contributed by atoms with Crippen LogP contribution in [0.25, 0.3) is 0 Å². The van der Waals surface area contributed by atoms with Crippen LogP contribution in [-0.2, 0) is 6.42 Å². The third-order valence-corrected chi connectivity index (χ3v) is 4.36. The van der Waals surface area contributed by atoms with Gasteiger partial charge in [0, 0.05) is 5.69 Å². The van der Waals surface area contributed by atoms with E-state index in [1.54, 1.807) is 0 Å². The Morgan fingerprint density at radius 1 is 1.09 bits per heavy atom. The molecule has 4 N–H and O–H groups in total. The third-order valence-electron chi connectivity index (χ3n) is 4.36. The van der Waals surface area contributed by atoms with Crippen LogP contribution in [0.3, 0.4) is 0 Å². The van der Waals surface area contributed by atoms with Crippen LogP contribution in [-0.4, -0.2) is 11.8 Å². The van der Waals surface area contributed by atoms with E-state index in [1.807, 2.05) is 25.1 Å². The first-order chi connectivity index (χ1) is 10.9. The highest BCUT2D eigenvalue weighted by Gasteiger charge is 2.36. The number of rotatable bonds is 4. The molecule has 3 rings (SSSR count). The summed E-state index contributed by atoms with van der Waals surface area (Å²) in [6.07, 6.45) is 1.03. The number of hydrogen-bond acceptors (Lipinski definition) is 4. The van der Waals surface area contributed by atoms with Crippen molar-refractivity contribution in [1.82, 2.24) is 0 Å². The van der Waals surface area contributed by atoms with Gasteiger partial charge in [-0.15, -0.1) is 0 Å². The Labute approximate surface area is 138 Å². The average molecular weight is 311 g/mol. The van der Waals surface area contributed by atoms with Crippen molar-refractivity contribution < 1.29 is 4.74 Å². The van der Waals surface area contributed by atoms with Gasteiger partial charge in [0.1, 0.15) is 17.5 Å². The summed E-state index contributed by atoms with van der Waals surface area (Å²) in [6, 6.07) is 12.2. The Morgan fingerprint density at radius 3 is 2.52 bits per heavy atom. The van der Waals surface area contributed by atoms with Crippen LogP contribution in [0.1, 0.15) is 31.9 Å². The van der Waals surface area contributed by atoms with Crippen LogP contribution >= 0.6 is 0 Å². The Balaban J connectivity index is 1.78. The average Bonchev–Trinajstić information content (AvgIpc) is 2.94. The number of nitrogens with one attached hydrogen (secondary N) is 2. The monoisotopic (exact) mass is 311 g/mol. The molecule has 0 aliphatic carbocycles. The van der Waals surface area contributed by atoms with Crippen molar-refractivity contribution in [2.75, 3.05) is 16.4 Å². The molecule has 0 spiro atoms. The van der Waals surface area contributed by atoms with Crippen molar-refractivity contribution in [3.63, 3.8) is 0 Å². The van der Waals surface area contributed by atoms with Crippen molar-refractivity contribution in [3.8, 4) is 5.75 Å². The highest BCUT2D eigenvalue weighted by molar-refractivity contribution is 5.75. The van der Waals surface area contributed by atoms with Crippen LogP contribution in [0.2, 0.25) is 0 Å². The molecule has 1 unspecified atom stereocenters. The van der Waals surface area contributed by atoms with Gasteiger partial charge < -0.3 is 21.1 Å². The van der Waals surface area contributed by atoms with Gasteiger partial charge in [0.05, 0.1) is 11.4 Å². The van der Waals surface area contributed by atoms with Gasteiger partial charge in [-0.25, -0.2) is 0 Å². The molecule has 4 heteroatoms. The van der Waals surface area contributed by atoms with E-state index in [-0.39, 0.29) is 6.17 Å². The Bertz CT molecular complexity index is 725. The van der Waals surface area contributed by atoms with E-state index in [4.69, 9.17) is 10.5 Å². The zero-order valence-electron chi connectivity index (χ0n) is 14.2. The first kappa shape index (κ1) is 15.5. The van der Waals surface area contributed by atoms with E-state index in [9.17, 15) is 0 Å². The molecule has 0 saturated heterocycles. The van der Waals surface area contributed by atoms with Crippen molar-refractivity contribution in [1.29, 1.82) is 0 Å². The van der Waals surface area contributed by atoms with E-state index in [0.29, 0.717) is 0 Å². The first-order valence-corrected chi connectivity index (χ1v) is 8.10. The number of nitrogen functional groups attached to an aromatic ring is 1. The molecule has 0 bridgehead atoms. The molecule has 23 heavy (non-hydrogen) atoms. The van der Waals surface area contributed by atoms with Gasteiger partial charge in [0.15, 0.2) is 0 Å². The van der Waals surface area contributed by atoms with E-state index >= 15 is 0 Å². The van der Waals surface area contributed by atoms with Crippen LogP contribution in [0.5, 0.6) is 5.75 Å². The lowest BCUT2D eigenvalue weighted by atomic mass is 10.1. The molecule has 1 heterocycles.